The highest BCUT2D eigenvalue weighted by Gasteiger charge is 2.02. The average molecular weight is 250 g/mol. The number of hydrogen-bond acceptors (Lipinski definition) is 1. The van der Waals surface area contributed by atoms with Gasteiger partial charge in [0.25, 0.3) is 0 Å². The molecule has 1 nitrogen and oxygen atoms in total. The zero-order chi connectivity index (χ0) is 12.7. The van der Waals surface area contributed by atoms with Crippen LogP contribution in [-0.4, -0.2) is 4.21 Å². The minimum atomic E-state index is -0.987. The lowest BCUT2D eigenvalue weighted by molar-refractivity contribution is 0.687. The predicted octanol–water partition coefficient (Wildman–Crippen LogP) is 4.59. The van der Waals surface area contributed by atoms with Crippen LogP contribution in [0.5, 0.6) is 0 Å². The molecular formula is C15H22OS. The molecule has 2 heteroatoms. The summed E-state index contributed by atoms with van der Waals surface area (Å²) in [6.07, 6.45) is 4.45. The summed E-state index contributed by atoms with van der Waals surface area (Å²) in [7, 11) is -0.987. The monoisotopic (exact) mass is 250 g/mol. The number of unbranched alkanes of at least 4 members (excludes halogenated alkanes) is 1. The molecule has 0 fully saturated rings. The molecule has 0 N–H and O–H groups in total. The third-order valence-electron chi connectivity index (χ3n) is 2.83. The van der Waals surface area contributed by atoms with Gasteiger partial charge in [0.15, 0.2) is 0 Å². The van der Waals surface area contributed by atoms with Crippen LogP contribution in [0, 0.1) is 6.92 Å². The molecule has 0 bridgehead atoms. The van der Waals surface area contributed by atoms with Crippen molar-refractivity contribution in [1.29, 1.82) is 0 Å². The van der Waals surface area contributed by atoms with Gasteiger partial charge < -0.3 is 0 Å². The minimum absolute atomic E-state index is 0.901. The first-order chi connectivity index (χ1) is 8.17. The van der Waals surface area contributed by atoms with E-state index in [0.717, 1.165) is 17.7 Å². The maximum absolute atomic E-state index is 12.1. The Hall–Kier alpha value is -0.890. The van der Waals surface area contributed by atoms with E-state index < -0.39 is 10.8 Å². The normalized spacial score (nSPS) is 13.7. The number of benzene rings is 1. The van der Waals surface area contributed by atoms with Crippen LogP contribution in [-0.2, 0) is 10.8 Å². The second-order valence-electron chi connectivity index (χ2n) is 4.34. The molecule has 0 aliphatic rings. The number of hydrogen-bond donors (Lipinski definition) is 0. The van der Waals surface area contributed by atoms with Crippen molar-refractivity contribution in [1.82, 2.24) is 0 Å². The van der Waals surface area contributed by atoms with E-state index in [-0.39, 0.29) is 0 Å². The van der Waals surface area contributed by atoms with Crippen LogP contribution in [0.15, 0.2) is 40.1 Å². The molecule has 0 aromatic heterocycles. The Bertz CT molecular complexity index is 390. The molecular weight excluding hydrogens is 228 g/mol. The molecule has 0 aliphatic heterocycles. The number of rotatable bonds is 6. The van der Waals surface area contributed by atoms with Crippen molar-refractivity contribution in [2.75, 3.05) is 0 Å². The van der Waals surface area contributed by atoms with Gasteiger partial charge in [-0.05, 0) is 38.3 Å². The van der Waals surface area contributed by atoms with Gasteiger partial charge in [0.2, 0.25) is 0 Å². The van der Waals surface area contributed by atoms with E-state index in [0.29, 0.717) is 0 Å². The Morgan fingerprint density at radius 3 is 2.41 bits per heavy atom. The summed E-state index contributed by atoms with van der Waals surface area (Å²) in [5, 5.41) is 1.93. The van der Waals surface area contributed by atoms with Crippen molar-refractivity contribution < 1.29 is 4.21 Å². The maximum Gasteiger partial charge on any atom is 0.0775 e. The highest BCUT2D eigenvalue weighted by atomic mass is 32.2. The molecule has 94 valence electrons. The Labute approximate surface area is 107 Å². The fourth-order valence-corrected chi connectivity index (χ4v) is 2.74. The summed E-state index contributed by atoms with van der Waals surface area (Å²) in [5.41, 5.74) is 2.52. The molecule has 17 heavy (non-hydrogen) atoms. The summed E-state index contributed by atoms with van der Waals surface area (Å²) >= 11 is 0. The summed E-state index contributed by atoms with van der Waals surface area (Å²) < 4.78 is 12.1. The fourth-order valence-electron chi connectivity index (χ4n) is 1.61. The number of aryl methyl sites for hydroxylation is 1. The molecule has 1 atom stereocenters. The van der Waals surface area contributed by atoms with Gasteiger partial charge in [0.1, 0.15) is 0 Å². The van der Waals surface area contributed by atoms with Crippen molar-refractivity contribution in [2.24, 2.45) is 0 Å². The van der Waals surface area contributed by atoms with Crippen LogP contribution in [0.1, 0.15) is 45.1 Å². The SMILES string of the molecule is CCCC/C(=C\S(=O)c1ccc(C)cc1)CC. The van der Waals surface area contributed by atoms with E-state index in [2.05, 4.69) is 13.8 Å². The van der Waals surface area contributed by atoms with Gasteiger partial charge in [-0.15, -0.1) is 0 Å². The molecule has 0 spiro atoms. The molecule has 0 radical (unpaired) electrons. The summed E-state index contributed by atoms with van der Waals surface area (Å²) in [5.74, 6) is 0. The standard InChI is InChI=1S/C15H22OS/c1-4-6-7-14(5-2)12-17(16)15-10-8-13(3)9-11-15/h8-12H,4-7H2,1-3H3/b14-12-. The van der Waals surface area contributed by atoms with Crippen LogP contribution in [0.25, 0.3) is 0 Å². The van der Waals surface area contributed by atoms with E-state index in [1.165, 1.54) is 24.0 Å². The third kappa shape index (κ3) is 4.86. The summed E-state index contributed by atoms with van der Waals surface area (Å²) in [6.45, 7) is 6.36. The molecule has 0 heterocycles. The Morgan fingerprint density at radius 2 is 1.88 bits per heavy atom. The van der Waals surface area contributed by atoms with Crippen molar-refractivity contribution >= 4 is 10.8 Å². The zero-order valence-corrected chi connectivity index (χ0v) is 11.8. The van der Waals surface area contributed by atoms with E-state index in [4.69, 9.17) is 0 Å². The molecule has 0 aliphatic carbocycles. The van der Waals surface area contributed by atoms with Gasteiger partial charge in [0.05, 0.1) is 10.8 Å². The van der Waals surface area contributed by atoms with Crippen LogP contribution in [0.2, 0.25) is 0 Å². The first-order valence-electron chi connectivity index (χ1n) is 6.34. The van der Waals surface area contributed by atoms with E-state index in [1.807, 2.05) is 36.6 Å². The topological polar surface area (TPSA) is 17.1 Å². The zero-order valence-electron chi connectivity index (χ0n) is 11.0. The average Bonchev–Trinajstić information content (AvgIpc) is 2.35. The minimum Gasteiger partial charge on any atom is -0.250 e. The molecule has 1 rings (SSSR count). The summed E-state index contributed by atoms with van der Waals surface area (Å²) in [6, 6.07) is 7.93. The molecule has 0 amide bonds. The van der Waals surface area contributed by atoms with Crippen LogP contribution >= 0.6 is 0 Å². The third-order valence-corrected chi connectivity index (χ3v) is 4.12. The highest BCUT2D eigenvalue weighted by molar-refractivity contribution is 7.88. The number of allylic oxidation sites excluding steroid dienone is 1. The van der Waals surface area contributed by atoms with Gasteiger partial charge in [-0.3, -0.25) is 0 Å². The van der Waals surface area contributed by atoms with Crippen molar-refractivity contribution in [3.05, 3.63) is 40.8 Å². The van der Waals surface area contributed by atoms with Crippen LogP contribution in [0.4, 0.5) is 0 Å². The Balaban J connectivity index is 2.74. The van der Waals surface area contributed by atoms with Crippen molar-refractivity contribution in [2.45, 2.75) is 51.3 Å². The fraction of sp³-hybridized carbons (Fsp3) is 0.467. The lowest BCUT2D eigenvalue weighted by Crippen LogP contribution is -1.90. The predicted molar refractivity (Wildman–Crippen MR) is 75.5 cm³/mol. The first-order valence-corrected chi connectivity index (χ1v) is 7.55. The first kappa shape index (κ1) is 14.2. The lowest BCUT2D eigenvalue weighted by atomic mass is 10.1. The second-order valence-corrected chi connectivity index (χ2v) is 5.65. The van der Waals surface area contributed by atoms with E-state index in [1.54, 1.807) is 0 Å². The molecule has 1 aromatic rings. The van der Waals surface area contributed by atoms with E-state index >= 15 is 0 Å². The van der Waals surface area contributed by atoms with Crippen molar-refractivity contribution in [3.8, 4) is 0 Å². The maximum atomic E-state index is 12.1. The Morgan fingerprint density at radius 1 is 1.24 bits per heavy atom. The van der Waals surface area contributed by atoms with Gasteiger partial charge >= 0.3 is 0 Å². The van der Waals surface area contributed by atoms with Crippen molar-refractivity contribution in [3.63, 3.8) is 0 Å². The van der Waals surface area contributed by atoms with Gasteiger partial charge in [-0.1, -0.05) is 43.5 Å². The second kappa shape index (κ2) is 7.44. The smallest absolute Gasteiger partial charge is 0.0775 e. The summed E-state index contributed by atoms with van der Waals surface area (Å²) in [4.78, 5) is 0.901. The van der Waals surface area contributed by atoms with Crippen LogP contribution < -0.4 is 0 Å². The molecule has 0 saturated carbocycles. The Kier molecular flexibility index (Phi) is 6.20. The highest BCUT2D eigenvalue weighted by Crippen LogP contribution is 2.16. The molecule has 1 unspecified atom stereocenters. The quantitative estimate of drug-likeness (QED) is 0.722. The van der Waals surface area contributed by atoms with Gasteiger partial charge in [-0.2, -0.15) is 0 Å². The largest absolute Gasteiger partial charge is 0.250 e. The molecule has 1 aromatic carbocycles. The van der Waals surface area contributed by atoms with Gasteiger partial charge in [0, 0.05) is 10.3 Å². The van der Waals surface area contributed by atoms with Crippen LogP contribution in [0.3, 0.4) is 0 Å². The molecule has 0 saturated heterocycles. The van der Waals surface area contributed by atoms with Gasteiger partial charge in [-0.25, -0.2) is 4.21 Å². The lowest BCUT2D eigenvalue weighted by Gasteiger charge is -2.04. The van der Waals surface area contributed by atoms with E-state index in [9.17, 15) is 4.21 Å².